The van der Waals surface area contributed by atoms with Crippen molar-refractivity contribution >= 4 is 16.9 Å². The van der Waals surface area contributed by atoms with Crippen molar-refractivity contribution in [3.63, 3.8) is 0 Å². The Balaban J connectivity index is 1.67. The molecule has 4 aromatic rings. The Kier molecular flexibility index (Phi) is 5.17. The van der Waals surface area contributed by atoms with Crippen molar-refractivity contribution in [2.75, 3.05) is 0 Å². The van der Waals surface area contributed by atoms with Gasteiger partial charge in [0.25, 0.3) is 5.91 Å². The van der Waals surface area contributed by atoms with Crippen LogP contribution in [0.3, 0.4) is 0 Å². The zero-order valence-corrected chi connectivity index (χ0v) is 17.0. The molecule has 0 fully saturated rings. The summed E-state index contributed by atoms with van der Waals surface area (Å²) in [6, 6.07) is 24.0. The quantitative estimate of drug-likeness (QED) is 0.533. The highest BCUT2D eigenvalue weighted by molar-refractivity contribution is 5.96. The second-order valence-corrected chi connectivity index (χ2v) is 7.53. The Morgan fingerprint density at radius 2 is 1.72 bits per heavy atom. The van der Waals surface area contributed by atoms with Crippen molar-refractivity contribution in [1.29, 1.82) is 0 Å². The van der Waals surface area contributed by atoms with Crippen LogP contribution in [-0.4, -0.2) is 15.5 Å². The van der Waals surface area contributed by atoms with Crippen LogP contribution in [0.5, 0.6) is 0 Å². The summed E-state index contributed by atoms with van der Waals surface area (Å²) in [7, 11) is 2.03. The zero-order chi connectivity index (χ0) is 20.4. The van der Waals surface area contributed by atoms with Crippen LogP contribution in [-0.2, 0) is 13.5 Å². The monoisotopic (exact) mass is 383 g/mol. The highest BCUT2D eigenvalue weighted by Gasteiger charge is 2.20. The van der Waals surface area contributed by atoms with Crippen LogP contribution in [0.25, 0.3) is 11.0 Å². The maximum Gasteiger partial charge on any atom is 0.252 e. The molecular formula is C25H25N3O. The van der Waals surface area contributed by atoms with Gasteiger partial charge in [0.2, 0.25) is 0 Å². The first-order valence-electron chi connectivity index (χ1n) is 9.86. The number of carbonyl (C=O) groups is 1. The molecule has 0 aliphatic heterocycles. The molecule has 0 aliphatic rings. The molecule has 0 unspecified atom stereocenters. The fourth-order valence-electron chi connectivity index (χ4n) is 3.71. The average Bonchev–Trinajstić information content (AvgIpc) is 3.05. The Hall–Kier alpha value is -3.40. The molecule has 0 spiro atoms. The molecule has 0 saturated heterocycles. The molecule has 0 saturated carbocycles. The number of hydrogen-bond acceptors (Lipinski definition) is 2. The minimum atomic E-state index is -0.167. The lowest BCUT2D eigenvalue weighted by Gasteiger charge is -2.20. The molecule has 0 bridgehead atoms. The summed E-state index contributed by atoms with van der Waals surface area (Å²) < 4.78 is 2.11. The molecule has 4 rings (SSSR count). The summed E-state index contributed by atoms with van der Waals surface area (Å²) in [6.45, 7) is 3.97. The van der Waals surface area contributed by atoms with Gasteiger partial charge >= 0.3 is 0 Å². The summed E-state index contributed by atoms with van der Waals surface area (Å²) in [5.74, 6) is 0.889. The van der Waals surface area contributed by atoms with E-state index in [4.69, 9.17) is 4.98 Å². The van der Waals surface area contributed by atoms with E-state index >= 15 is 0 Å². The third-order valence-corrected chi connectivity index (χ3v) is 5.41. The van der Waals surface area contributed by atoms with Crippen LogP contribution < -0.4 is 5.32 Å². The van der Waals surface area contributed by atoms with E-state index in [0.29, 0.717) is 6.42 Å². The van der Waals surface area contributed by atoms with E-state index in [1.54, 1.807) is 0 Å². The molecule has 1 atom stereocenters. The molecule has 1 aromatic heterocycles. The van der Waals surface area contributed by atoms with Gasteiger partial charge in [-0.2, -0.15) is 0 Å². The molecule has 1 amide bonds. The number of imidazole rings is 1. The molecule has 3 aromatic carbocycles. The Bertz CT molecular complexity index is 1160. The summed E-state index contributed by atoms with van der Waals surface area (Å²) in [5.41, 5.74) is 5.90. The van der Waals surface area contributed by atoms with Crippen molar-refractivity contribution in [1.82, 2.24) is 14.9 Å². The molecule has 4 heteroatoms. The first-order valence-corrected chi connectivity index (χ1v) is 9.86. The molecule has 1 N–H and O–H groups in total. The van der Waals surface area contributed by atoms with Crippen LogP contribution in [0.15, 0.2) is 72.8 Å². The smallest absolute Gasteiger partial charge is 0.252 e. The lowest BCUT2D eigenvalue weighted by Crippen LogP contribution is -2.31. The fourth-order valence-corrected chi connectivity index (χ4v) is 3.71. The number of benzene rings is 3. The molecule has 0 aliphatic carbocycles. The lowest BCUT2D eigenvalue weighted by molar-refractivity contribution is 0.0935. The predicted octanol–water partition coefficient (Wildman–Crippen LogP) is 4.90. The Morgan fingerprint density at radius 3 is 2.48 bits per heavy atom. The number of carbonyl (C=O) groups excluding carboxylic acids is 1. The first kappa shape index (κ1) is 18.9. The second kappa shape index (κ2) is 7.92. The van der Waals surface area contributed by atoms with E-state index in [-0.39, 0.29) is 11.9 Å². The van der Waals surface area contributed by atoms with Crippen molar-refractivity contribution in [3.8, 4) is 0 Å². The fraction of sp³-hybridized carbons (Fsp3) is 0.200. The minimum Gasteiger partial charge on any atom is -0.345 e. The number of amides is 1. The summed E-state index contributed by atoms with van der Waals surface area (Å²) in [5, 5.41) is 3.25. The second-order valence-electron chi connectivity index (χ2n) is 7.53. The first-order chi connectivity index (χ1) is 14.0. The highest BCUT2D eigenvalue weighted by atomic mass is 16.1. The third-order valence-electron chi connectivity index (χ3n) is 5.41. The van der Waals surface area contributed by atoms with Gasteiger partial charge in [-0.15, -0.1) is 0 Å². The average molecular weight is 383 g/mol. The topological polar surface area (TPSA) is 46.9 Å². The van der Waals surface area contributed by atoms with Gasteiger partial charge in [-0.25, -0.2) is 4.98 Å². The summed E-state index contributed by atoms with van der Waals surface area (Å²) >= 11 is 0. The number of para-hydroxylation sites is 2. The van der Waals surface area contributed by atoms with Crippen LogP contribution in [0.1, 0.15) is 38.9 Å². The lowest BCUT2D eigenvalue weighted by atomic mass is 10.0. The summed E-state index contributed by atoms with van der Waals surface area (Å²) in [4.78, 5) is 17.9. The van der Waals surface area contributed by atoms with E-state index in [1.807, 2.05) is 75.5 Å². The van der Waals surface area contributed by atoms with Gasteiger partial charge in [-0.1, -0.05) is 60.2 Å². The van der Waals surface area contributed by atoms with Gasteiger partial charge in [-0.3, -0.25) is 4.79 Å². The minimum absolute atomic E-state index is 0.0567. The van der Waals surface area contributed by atoms with Gasteiger partial charge in [0.1, 0.15) is 5.82 Å². The molecular weight excluding hydrogens is 358 g/mol. The number of aryl methyl sites for hydroxylation is 3. The van der Waals surface area contributed by atoms with Crippen LogP contribution >= 0.6 is 0 Å². The molecule has 4 nitrogen and oxygen atoms in total. The maximum atomic E-state index is 13.1. The molecule has 29 heavy (non-hydrogen) atoms. The largest absolute Gasteiger partial charge is 0.345 e. The standard InChI is InChI=1S/C25H25N3O/c1-17-13-14-18(2)20(15-17)25(29)27-22(19-9-5-4-6-10-19)16-24-26-21-11-7-8-12-23(21)28(24)3/h4-15,22H,16H2,1-3H3,(H,27,29)/t22-/m1/s1. The van der Waals surface area contributed by atoms with Crippen molar-refractivity contribution < 1.29 is 4.79 Å². The number of aromatic nitrogens is 2. The highest BCUT2D eigenvalue weighted by Crippen LogP contribution is 2.22. The molecule has 0 radical (unpaired) electrons. The van der Waals surface area contributed by atoms with Gasteiger partial charge in [0, 0.05) is 19.0 Å². The third kappa shape index (κ3) is 3.92. The number of nitrogens with zero attached hydrogens (tertiary/aromatic N) is 2. The number of nitrogens with one attached hydrogen (secondary N) is 1. The Labute approximate surface area is 171 Å². The Morgan fingerprint density at radius 1 is 1.00 bits per heavy atom. The predicted molar refractivity (Wildman–Crippen MR) is 117 cm³/mol. The van der Waals surface area contributed by atoms with E-state index in [9.17, 15) is 4.79 Å². The normalized spacial score (nSPS) is 12.1. The van der Waals surface area contributed by atoms with E-state index in [0.717, 1.165) is 39.1 Å². The van der Waals surface area contributed by atoms with Gasteiger partial charge in [-0.05, 0) is 43.2 Å². The van der Waals surface area contributed by atoms with Crippen molar-refractivity contribution in [2.45, 2.75) is 26.3 Å². The van der Waals surface area contributed by atoms with Gasteiger partial charge in [0.05, 0.1) is 17.1 Å². The van der Waals surface area contributed by atoms with Gasteiger partial charge in [0.15, 0.2) is 0 Å². The zero-order valence-electron chi connectivity index (χ0n) is 17.0. The molecule has 1 heterocycles. The van der Waals surface area contributed by atoms with Crippen LogP contribution in [0.4, 0.5) is 0 Å². The van der Waals surface area contributed by atoms with E-state index < -0.39 is 0 Å². The number of fused-ring (bicyclic) bond motifs is 1. The van der Waals surface area contributed by atoms with Crippen LogP contribution in [0, 0.1) is 13.8 Å². The van der Waals surface area contributed by atoms with E-state index in [2.05, 4.69) is 28.1 Å². The van der Waals surface area contributed by atoms with Crippen molar-refractivity contribution in [3.05, 3.63) is 101 Å². The summed E-state index contributed by atoms with van der Waals surface area (Å²) in [6.07, 6.45) is 0.617. The molecule has 146 valence electrons. The van der Waals surface area contributed by atoms with E-state index in [1.165, 1.54) is 0 Å². The van der Waals surface area contributed by atoms with Crippen LogP contribution in [0.2, 0.25) is 0 Å². The van der Waals surface area contributed by atoms with Crippen molar-refractivity contribution in [2.24, 2.45) is 7.05 Å². The number of rotatable bonds is 5. The van der Waals surface area contributed by atoms with Gasteiger partial charge < -0.3 is 9.88 Å². The maximum absolute atomic E-state index is 13.1. The SMILES string of the molecule is Cc1ccc(C)c(C(=O)N[C@H](Cc2nc3ccccc3n2C)c2ccccc2)c1. The number of hydrogen-bond donors (Lipinski definition) is 1.